The van der Waals surface area contributed by atoms with Crippen LogP contribution in [-0.2, 0) is 14.3 Å². The monoisotopic (exact) mass is 447 g/mol. The highest BCUT2D eigenvalue weighted by Crippen LogP contribution is 2.47. The molecule has 1 aliphatic heterocycles. The maximum absolute atomic E-state index is 13.6. The molecule has 0 amide bonds. The molecule has 0 bridgehead atoms. The number of aryl methyl sites for hydroxylation is 1. The summed E-state index contributed by atoms with van der Waals surface area (Å²) in [5, 5.41) is 3.35. The van der Waals surface area contributed by atoms with E-state index in [1.54, 1.807) is 14.2 Å². The summed E-state index contributed by atoms with van der Waals surface area (Å²) >= 11 is 0. The van der Waals surface area contributed by atoms with Crippen LogP contribution in [0, 0.1) is 12.8 Å². The normalized spacial score (nSPS) is 22.2. The van der Waals surface area contributed by atoms with Crippen molar-refractivity contribution in [2.75, 3.05) is 21.3 Å². The van der Waals surface area contributed by atoms with Gasteiger partial charge in [-0.15, -0.1) is 0 Å². The van der Waals surface area contributed by atoms with Crippen LogP contribution in [0.1, 0.15) is 41.9 Å². The third-order valence-corrected chi connectivity index (χ3v) is 6.63. The first kappa shape index (κ1) is 22.6. The average molecular weight is 448 g/mol. The molecule has 0 radical (unpaired) electrons. The Kier molecular flexibility index (Phi) is 6.27. The zero-order valence-corrected chi connectivity index (χ0v) is 19.6. The smallest absolute Gasteiger partial charge is 0.336 e. The van der Waals surface area contributed by atoms with Crippen molar-refractivity contribution < 1.29 is 23.8 Å². The van der Waals surface area contributed by atoms with Gasteiger partial charge in [-0.3, -0.25) is 4.79 Å². The molecule has 0 saturated carbocycles. The fraction of sp³-hybridized carbons (Fsp3) is 0.333. The number of ether oxygens (including phenoxy) is 3. The highest BCUT2D eigenvalue weighted by molar-refractivity contribution is 5.96. The predicted octanol–water partition coefficient (Wildman–Crippen LogP) is 4.40. The summed E-state index contributed by atoms with van der Waals surface area (Å²) in [7, 11) is 4.57. The Balaban J connectivity index is 1.82. The van der Waals surface area contributed by atoms with Gasteiger partial charge in [-0.05, 0) is 42.7 Å². The molecule has 1 N–H and O–H groups in total. The molecule has 2 aliphatic rings. The Bertz CT molecular complexity index is 1160. The minimum atomic E-state index is -0.472. The molecular formula is C27H29NO5. The zero-order valence-electron chi connectivity index (χ0n) is 19.6. The van der Waals surface area contributed by atoms with Gasteiger partial charge in [0.05, 0.1) is 32.8 Å². The fourth-order valence-corrected chi connectivity index (χ4v) is 5.02. The van der Waals surface area contributed by atoms with Crippen LogP contribution in [0.25, 0.3) is 0 Å². The van der Waals surface area contributed by atoms with Crippen LogP contribution in [-0.4, -0.2) is 33.1 Å². The fourth-order valence-electron chi connectivity index (χ4n) is 5.02. The van der Waals surface area contributed by atoms with Crippen LogP contribution >= 0.6 is 0 Å². The van der Waals surface area contributed by atoms with Crippen molar-refractivity contribution in [3.05, 3.63) is 82.2 Å². The van der Waals surface area contributed by atoms with Crippen LogP contribution < -0.4 is 14.8 Å². The van der Waals surface area contributed by atoms with E-state index in [4.69, 9.17) is 14.2 Å². The van der Waals surface area contributed by atoms with Crippen molar-refractivity contribution in [2.45, 2.75) is 32.1 Å². The number of Topliss-reactive ketones (excluding diaryl/α,β-unsaturated/α-hetero) is 1. The quantitative estimate of drug-likeness (QED) is 0.685. The van der Waals surface area contributed by atoms with Crippen LogP contribution in [0.3, 0.4) is 0 Å². The van der Waals surface area contributed by atoms with E-state index in [9.17, 15) is 9.59 Å². The van der Waals surface area contributed by atoms with Crippen molar-refractivity contribution in [3.8, 4) is 11.5 Å². The van der Waals surface area contributed by atoms with Gasteiger partial charge in [0.2, 0.25) is 0 Å². The molecule has 6 nitrogen and oxygen atoms in total. The maximum atomic E-state index is 13.6. The Labute approximate surface area is 194 Å². The first-order valence-electron chi connectivity index (χ1n) is 11.0. The van der Waals surface area contributed by atoms with E-state index in [2.05, 4.69) is 11.4 Å². The molecule has 4 rings (SSSR count). The lowest BCUT2D eigenvalue weighted by Crippen LogP contribution is -2.42. The molecule has 0 saturated heterocycles. The van der Waals surface area contributed by atoms with E-state index in [1.165, 1.54) is 7.11 Å². The lowest BCUT2D eigenvalue weighted by molar-refractivity contribution is -0.136. The van der Waals surface area contributed by atoms with Crippen LogP contribution in [0.2, 0.25) is 0 Å². The summed E-state index contributed by atoms with van der Waals surface area (Å²) < 4.78 is 15.9. The number of esters is 1. The molecule has 3 atom stereocenters. The number of ketones is 1. The van der Waals surface area contributed by atoms with Gasteiger partial charge in [0.1, 0.15) is 5.78 Å². The SMILES string of the molecule is COC(=O)C1=C(C)NC2=CC(c3ccc(OC)c(OC)c3)CC(=O)C2C1c1ccccc1C. The minimum absolute atomic E-state index is 0.0851. The molecule has 1 heterocycles. The molecule has 2 aromatic carbocycles. The van der Waals surface area contributed by atoms with Crippen LogP contribution in [0.4, 0.5) is 0 Å². The summed E-state index contributed by atoms with van der Waals surface area (Å²) in [5.41, 5.74) is 5.01. The summed E-state index contributed by atoms with van der Waals surface area (Å²) in [6.45, 7) is 3.86. The standard InChI is InChI=1S/C27H29NO5/c1-15-8-6-7-9-19(15)25-24(27(30)33-5)16(2)28-20-12-18(13-21(29)26(20)25)17-10-11-22(31-3)23(14-17)32-4/h6-12,14,18,25-26,28H,13H2,1-5H3. The minimum Gasteiger partial charge on any atom is -0.493 e. The van der Waals surface area contributed by atoms with Gasteiger partial charge >= 0.3 is 5.97 Å². The van der Waals surface area contributed by atoms with Gasteiger partial charge in [0.25, 0.3) is 0 Å². The molecule has 0 aromatic heterocycles. The Hall–Kier alpha value is -3.54. The van der Waals surface area contributed by atoms with Crippen molar-refractivity contribution in [1.29, 1.82) is 0 Å². The van der Waals surface area contributed by atoms with E-state index in [-0.39, 0.29) is 11.7 Å². The Morgan fingerprint density at radius 2 is 1.70 bits per heavy atom. The van der Waals surface area contributed by atoms with E-state index in [0.29, 0.717) is 29.2 Å². The number of rotatable bonds is 5. The number of nitrogens with one attached hydrogen (secondary N) is 1. The van der Waals surface area contributed by atoms with Gasteiger partial charge in [-0.2, -0.15) is 0 Å². The van der Waals surface area contributed by atoms with Crippen LogP contribution in [0.5, 0.6) is 11.5 Å². The lowest BCUT2D eigenvalue weighted by atomic mass is 9.68. The largest absolute Gasteiger partial charge is 0.493 e. The maximum Gasteiger partial charge on any atom is 0.336 e. The van der Waals surface area contributed by atoms with E-state index < -0.39 is 17.8 Å². The number of hydrogen-bond donors (Lipinski definition) is 1. The van der Waals surface area contributed by atoms with Gasteiger partial charge < -0.3 is 19.5 Å². The zero-order chi connectivity index (χ0) is 23.7. The summed E-state index contributed by atoms with van der Waals surface area (Å²) in [4.78, 5) is 26.4. The molecule has 0 fully saturated rings. The molecule has 1 aliphatic carbocycles. The van der Waals surface area contributed by atoms with Crippen molar-refractivity contribution >= 4 is 11.8 Å². The number of carbonyl (C=O) groups excluding carboxylic acids is 2. The van der Waals surface area contributed by atoms with Crippen molar-refractivity contribution in [2.24, 2.45) is 5.92 Å². The van der Waals surface area contributed by atoms with Crippen molar-refractivity contribution in [1.82, 2.24) is 5.32 Å². The van der Waals surface area contributed by atoms with Gasteiger partial charge in [0.15, 0.2) is 11.5 Å². The first-order chi connectivity index (χ1) is 15.9. The number of carbonyl (C=O) groups is 2. The molecule has 2 aromatic rings. The Morgan fingerprint density at radius 1 is 0.970 bits per heavy atom. The lowest BCUT2D eigenvalue weighted by Gasteiger charge is -2.40. The van der Waals surface area contributed by atoms with E-state index in [0.717, 1.165) is 22.4 Å². The van der Waals surface area contributed by atoms with Crippen molar-refractivity contribution in [3.63, 3.8) is 0 Å². The Morgan fingerprint density at radius 3 is 2.36 bits per heavy atom. The highest BCUT2D eigenvalue weighted by atomic mass is 16.5. The summed E-state index contributed by atoms with van der Waals surface area (Å²) in [6, 6.07) is 13.6. The van der Waals surface area contributed by atoms with Gasteiger partial charge in [0, 0.05) is 29.7 Å². The topological polar surface area (TPSA) is 73.9 Å². The van der Waals surface area contributed by atoms with Gasteiger partial charge in [-0.25, -0.2) is 4.79 Å². The molecule has 172 valence electrons. The summed E-state index contributed by atoms with van der Waals surface area (Å²) in [5.74, 6) is -0.0392. The summed E-state index contributed by atoms with van der Waals surface area (Å²) in [6.07, 6.45) is 2.44. The second kappa shape index (κ2) is 9.14. The third kappa shape index (κ3) is 4.01. The highest BCUT2D eigenvalue weighted by Gasteiger charge is 2.45. The molecule has 3 unspecified atom stereocenters. The predicted molar refractivity (Wildman–Crippen MR) is 125 cm³/mol. The molecular weight excluding hydrogens is 418 g/mol. The van der Waals surface area contributed by atoms with Gasteiger partial charge in [-0.1, -0.05) is 36.4 Å². The average Bonchev–Trinajstić information content (AvgIpc) is 2.82. The molecule has 33 heavy (non-hydrogen) atoms. The third-order valence-electron chi connectivity index (χ3n) is 6.63. The van der Waals surface area contributed by atoms with E-state index >= 15 is 0 Å². The number of methoxy groups -OCH3 is 3. The molecule has 6 heteroatoms. The molecule has 0 spiro atoms. The second-order valence-corrected chi connectivity index (χ2v) is 8.48. The number of allylic oxidation sites excluding steroid dienone is 3. The van der Waals surface area contributed by atoms with Crippen LogP contribution in [0.15, 0.2) is 65.5 Å². The number of hydrogen-bond acceptors (Lipinski definition) is 6. The first-order valence-corrected chi connectivity index (χ1v) is 11.0. The number of benzene rings is 2. The number of fused-ring (bicyclic) bond motifs is 1. The van der Waals surface area contributed by atoms with E-state index in [1.807, 2.05) is 56.3 Å². The second-order valence-electron chi connectivity index (χ2n) is 8.48.